The van der Waals surface area contributed by atoms with Crippen molar-refractivity contribution in [2.75, 3.05) is 51.2 Å². The van der Waals surface area contributed by atoms with Gasteiger partial charge in [0.25, 0.3) is 0 Å². The molecule has 7 heteroatoms. The van der Waals surface area contributed by atoms with E-state index in [4.69, 9.17) is 4.98 Å². The van der Waals surface area contributed by atoms with Gasteiger partial charge < -0.3 is 14.4 Å². The lowest BCUT2D eigenvalue weighted by molar-refractivity contribution is 0.0982. The van der Waals surface area contributed by atoms with E-state index in [0.29, 0.717) is 0 Å². The third kappa shape index (κ3) is 3.29. The third-order valence-electron chi connectivity index (χ3n) is 6.37. The molecule has 2 aliphatic heterocycles. The monoisotopic (exact) mass is 379 g/mol. The number of likely N-dealkylation sites (N-methyl/N-ethyl adjacent to an activating group) is 1. The lowest BCUT2D eigenvalue weighted by Crippen LogP contribution is -2.52. The van der Waals surface area contributed by atoms with E-state index < -0.39 is 0 Å². The molecule has 0 aliphatic carbocycles. The number of hydrogen-bond donors (Lipinski definition) is 0. The van der Waals surface area contributed by atoms with Crippen LogP contribution in [0.1, 0.15) is 12.8 Å². The molecule has 3 aromatic heterocycles. The quantitative estimate of drug-likeness (QED) is 0.696. The maximum atomic E-state index is 4.75. The van der Waals surface area contributed by atoms with Crippen molar-refractivity contribution in [2.45, 2.75) is 18.9 Å². The lowest BCUT2D eigenvalue weighted by Gasteiger charge is -2.42. The highest BCUT2D eigenvalue weighted by atomic mass is 15.3. The number of nitrogens with zero attached hydrogens (tertiary/aromatic N) is 7. The second-order valence-electron chi connectivity index (χ2n) is 8.26. The first-order valence-electron chi connectivity index (χ1n) is 10.3. The van der Waals surface area contributed by atoms with Crippen molar-refractivity contribution in [3.8, 4) is 11.1 Å². The highest BCUT2D eigenvalue weighted by Crippen LogP contribution is 2.27. The topological polar surface area (TPSA) is 44.8 Å². The van der Waals surface area contributed by atoms with Gasteiger partial charge in [-0.1, -0.05) is 0 Å². The van der Waals surface area contributed by atoms with Crippen LogP contribution in [0.2, 0.25) is 0 Å². The van der Waals surface area contributed by atoms with Crippen molar-refractivity contribution in [3.05, 3.63) is 37.1 Å². The number of aryl methyl sites for hydroxylation is 1. The van der Waals surface area contributed by atoms with Crippen molar-refractivity contribution in [2.24, 2.45) is 7.05 Å². The van der Waals surface area contributed by atoms with Crippen LogP contribution in [0.25, 0.3) is 16.8 Å². The molecule has 0 atom stereocenters. The zero-order chi connectivity index (χ0) is 19.1. The summed E-state index contributed by atoms with van der Waals surface area (Å²) in [4.78, 5) is 12.3. The molecule has 7 nitrogen and oxygen atoms in total. The van der Waals surface area contributed by atoms with Crippen molar-refractivity contribution in [3.63, 3.8) is 0 Å². The second kappa shape index (κ2) is 7.22. The van der Waals surface area contributed by atoms with Gasteiger partial charge in [-0.2, -0.15) is 5.10 Å². The van der Waals surface area contributed by atoms with Gasteiger partial charge in [0.1, 0.15) is 0 Å². The molecule has 5 heterocycles. The zero-order valence-corrected chi connectivity index (χ0v) is 16.8. The molecule has 0 amide bonds. The van der Waals surface area contributed by atoms with E-state index in [9.17, 15) is 0 Å². The fourth-order valence-corrected chi connectivity index (χ4v) is 4.57. The van der Waals surface area contributed by atoms with Gasteiger partial charge in [-0.05, 0) is 26.0 Å². The number of piperazine rings is 1. The highest BCUT2D eigenvalue weighted by molar-refractivity contribution is 5.77. The Labute approximate surface area is 166 Å². The van der Waals surface area contributed by atoms with Crippen molar-refractivity contribution >= 4 is 11.3 Å². The predicted molar refractivity (Wildman–Crippen MR) is 112 cm³/mol. The number of aromatic nitrogens is 4. The molecule has 0 bridgehead atoms. The Morgan fingerprint density at radius 1 is 0.929 bits per heavy atom. The lowest BCUT2D eigenvalue weighted by atomic mass is 10.0. The molecular weight excluding hydrogens is 350 g/mol. The maximum Gasteiger partial charge on any atom is 0.162 e. The van der Waals surface area contributed by atoms with Crippen LogP contribution in [0.5, 0.6) is 0 Å². The van der Waals surface area contributed by atoms with E-state index in [1.54, 1.807) is 0 Å². The van der Waals surface area contributed by atoms with Crippen LogP contribution in [0.15, 0.2) is 37.1 Å². The first-order valence-corrected chi connectivity index (χ1v) is 10.3. The Bertz CT molecular complexity index is 943. The van der Waals surface area contributed by atoms with E-state index >= 15 is 0 Å². The van der Waals surface area contributed by atoms with E-state index in [1.165, 1.54) is 44.7 Å². The van der Waals surface area contributed by atoms with Gasteiger partial charge in [0.05, 0.1) is 24.3 Å². The molecule has 2 saturated heterocycles. The average molecular weight is 380 g/mol. The number of hydrogen-bond acceptors (Lipinski definition) is 5. The van der Waals surface area contributed by atoms with Crippen LogP contribution in [-0.4, -0.2) is 81.3 Å². The summed E-state index contributed by atoms with van der Waals surface area (Å²) in [5.74, 6) is 0. The van der Waals surface area contributed by atoms with Gasteiger partial charge in [-0.15, -0.1) is 0 Å². The van der Waals surface area contributed by atoms with Gasteiger partial charge in [-0.25, -0.2) is 9.50 Å². The summed E-state index contributed by atoms with van der Waals surface area (Å²) in [6, 6.07) is 2.84. The fourth-order valence-electron chi connectivity index (χ4n) is 4.57. The minimum atomic E-state index is 0.732. The molecule has 2 fully saturated rings. The van der Waals surface area contributed by atoms with Crippen molar-refractivity contribution in [1.29, 1.82) is 0 Å². The molecule has 0 saturated carbocycles. The minimum Gasteiger partial charge on any atom is -0.369 e. The molecule has 2 aliphatic rings. The second-order valence-corrected chi connectivity index (χ2v) is 8.26. The molecular formula is C21H29N7. The van der Waals surface area contributed by atoms with E-state index in [0.717, 1.165) is 35.9 Å². The van der Waals surface area contributed by atoms with Crippen LogP contribution >= 0.6 is 0 Å². The first-order chi connectivity index (χ1) is 13.7. The molecule has 0 spiro atoms. The van der Waals surface area contributed by atoms with Gasteiger partial charge in [-0.3, -0.25) is 4.90 Å². The first kappa shape index (κ1) is 17.7. The predicted octanol–water partition coefficient (Wildman–Crippen LogP) is 1.95. The van der Waals surface area contributed by atoms with E-state index in [-0.39, 0.29) is 0 Å². The summed E-state index contributed by atoms with van der Waals surface area (Å²) in [6.07, 6.45) is 12.7. The molecule has 0 radical (unpaired) electrons. The Hall–Kier alpha value is -2.38. The van der Waals surface area contributed by atoms with Crippen LogP contribution in [0, 0.1) is 0 Å². The summed E-state index contributed by atoms with van der Waals surface area (Å²) in [6.45, 7) is 7.01. The molecule has 0 aromatic carbocycles. The zero-order valence-electron chi connectivity index (χ0n) is 16.8. The van der Waals surface area contributed by atoms with Gasteiger partial charge in [0, 0.05) is 75.9 Å². The summed E-state index contributed by atoms with van der Waals surface area (Å²) in [7, 11) is 4.26. The third-order valence-corrected chi connectivity index (χ3v) is 6.37. The summed E-state index contributed by atoms with van der Waals surface area (Å²) in [5.41, 5.74) is 4.33. The van der Waals surface area contributed by atoms with Gasteiger partial charge in [0.15, 0.2) is 5.65 Å². The summed E-state index contributed by atoms with van der Waals surface area (Å²) in [5, 5.41) is 4.56. The van der Waals surface area contributed by atoms with E-state index in [1.807, 2.05) is 24.0 Å². The number of piperidine rings is 1. The minimum absolute atomic E-state index is 0.732. The number of fused-ring (bicyclic) bond motifs is 1. The molecule has 0 N–H and O–H groups in total. The molecule has 3 aromatic rings. The highest BCUT2D eigenvalue weighted by Gasteiger charge is 2.27. The van der Waals surface area contributed by atoms with Crippen LogP contribution in [0.4, 0.5) is 5.69 Å². The molecule has 28 heavy (non-hydrogen) atoms. The van der Waals surface area contributed by atoms with Crippen LogP contribution in [0.3, 0.4) is 0 Å². The standard InChI is InChI=1S/C21H29N7/c1-24-9-11-27(12-10-24)18-4-7-26(8-5-18)19-13-22-21-20(14-23-28(21)16-19)17-3-6-25(2)15-17/h3,6,13-16,18H,4-5,7-12H2,1-2H3. The van der Waals surface area contributed by atoms with Crippen LogP contribution < -0.4 is 4.90 Å². The molecule has 148 valence electrons. The molecule has 0 unspecified atom stereocenters. The maximum absolute atomic E-state index is 4.75. The summed E-state index contributed by atoms with van der Waals surface area (Å²) < 4.78 is 3.97. The Morgan fingerprint density at radius 3 is 2.43 bits per heavy atom. The Balaban J connectivity index is 1.28. The van der Waals surface area contributed by atoms with Gasteiger partial charge in [0.2, 0.25) is 0 Å². The average Bonchev–Trinajstić information content (AvgIpc) is 3.34. The van der Waals surface area contributed by atoms with Crippen LogP contribution in [-0.2, 0) is 7.05 Å². The normalized spacial score (nSPS) is 20.3. The van der Waals surface area contributed by atoms with Gasteiger partial charge >= 0.3 is 0 Å². The van der Waals surface area contributed by atoms with Crippen molar-refractivity contribution in [1.82, 2.24) is 29.0 Å². The summed E-state index contributed by atoms with van der Waals surface area (Å²) >= 11 is 0. The Kier molecular flexibility index (Phi) is 4.56. The fraction of sp³-hybridized carbons (Fsp3) is 0.524. The van der Waals surface area contributed by atoms with Crippen molar-refractivity contribution < 1.29 is 0 Å². The smallest absolute Gasteiger partial charge is 0.162 e. The number of anilines is 1. The SMILES string of the molecule is CN1CCN(C2CCN(c3cnc4c(-c5ccn(C)c5)cnn4c3)CC2)CC1. The Morgan fingerprint density at radius 2 is 1.71 bits per heavy atom. The largest absolute Gasteiger partial charge is 0.369 e. The van der Waals surface area contributed by atoms with E-state index in [2.05, 4.69) is 56.1 Å². The molecule has 5 rings (SSSR count). The number of rotatable bonds is 3.